The summed E-state index contributed by atoms with van der Waals surface area (Å²) in [6.07, 6.45) is -3.59. The predicted molar refractivity (Wildman–Crippen MR) is 97.4 cm³/mol. The van der Waals surface area contributed by atoms with Gasteiger partial charge in [-0.1, -0.05) is 0 Å². The van der Waals surface area contributed by atoms with Crippen LogP contribution in [0.2, 0.25) is 0 Å². The normalized spacial score (nSPS) is 15.0. The fraction of sp³-hybridized carbons (Fsp3) is 0.316. The molecule has 1 aliphatic rings. The SMILES string of the molecule is C[C@H](Sc1ccc2c(c1)OCCCO2)C(=O)Nc1ccc(C(F)(F)F)cc1. The largest absolute Gasteiger partial charge is 0.490 e. The van der Waals surface area contributed by atoms with Crippen LogP contribution in [0.4, 0.5) is 18.9 Å². The maximum atomic E-state index is 12.6. The zero-order chi connectivity index (χ0) is 19.4. The molecule has 1 aliphatic heterocycles. The second-order valence-electron chi connectivity index (χ2n) is 5.98. The van der Waals surface area contributed by atoms with Crippen molar-refractivity contribution in [2.75, 3.05) is 18.5 Å². The van der Waals surface area contributed by atoms with Crippen LogP contribution in [0.25, 0.3) is 0 Å². The Kier molecular flexibility index (Phi) is 5.84. The molecule has 0 saturated carbocycles. The molecule has 27 heavy (non-hydrogen) atoms. The van der Waals surface area contributed by atoms with Gasteiger partial charge < -0.3 is 14.8 Å². The Hall–Kier alpha value is -2.35. The van der Waals surface area contributed by atoms with Gasteiger partial charge in [0.2, 0.25) is 5.91 Å². The minimum Gasteiger partial charge on any atom is -0.490 e. The zero-order valence-electron chi connectivity index (χ0n) is 14.5. The first-order valence-electron chi connectivity index (χ1n) is 8.37. The number of alkyl halides is 3. The summed E-state index contributed by atoms with van der Waals surface area (Å²) >= 11 is 1.33. The number of carbonyl (C=O) groups is 1. The molecule has 1 atom stereocenters. The first kappa shape index (κ1) is 19.4. The minimum atomic E-state index is -4.40. The first-order chi connectivity index (χ1) is 12.8. The maximum Gasteiger partial charge on any atom is 0.416 e. The second-order valence-corrected chi connectivity index (χ2v) is 7.40. The molecule has 1 N–H and O–H groups in total. The predicted octanol–water partition coefficient (Wildman–Crippen LogP) is 4.99. The summed E-state index contributed by atoms with van der Waals surface area (Å²) in [5, 5.41) is 2.18. The van der Waals surface area contributed by atoms with Crippen molar-refractivity contribution in [2.45, 2.75) is 29.7 Å². The van der Waals surface area contributed by atoms with E-state index >= 15 is 0 Å². The molecular formula is C19H18F3NO3S. The molecule has 0 aliphatic carbocycles. The van der Waals surface area contributed by atoms with Gasteiger partial charge in [-0.25, -0.2) is 0 Å². The van der Waals surface area contributed by atoms with Gasteiger partial charge in [0, 0.05) is 17.0 Å². The van der Waals surface area contributed by atoms with E-state index in [4.69, 9.17) is 9.47 Å². The molecule has 2 aromatic carbocycles. The van der Waals surface area contributed by atoms with Gasteiger partial charge in [0.25, 0.3) is 0 Å². The van der Waals surface area contributed by atoms with Crippen molar-refractivity contribution in [3.8, 4) is 11.5 Å². The Morgan fingerprint density at radius 2 is 1.74 bits per heavy atom. The van der Waals surface area contributed by atoms with E-state index in [2.05, 4.69) is 5.32 Å². The Bertz CT molecular complexity index is 809. The molecule has 144 valence electrons. The van der Waals surface area contributed by atoms with Gasteiger partial charge in [0.1, 0.15) is 0 Å². The number of fused-ring (bicyclic) bond motifs is 1. The molecule has 1 amide bonds. The quantitative estimate of drug-likeness (QED) is 0.739. The third kappa shape index (κ3) is 5.09. The Balaban J connectivity index is 1.61. The van der Waals surface area contributed by atoms with Crippen LogP contribution in [0, 0.1) is 0 Å². The first-order valence-corrected chi connectivity index (χ1v) is 9.25. The van der Waals surface area contributed by atoms with Gasteiger partial charge >= 0.3 is 6.18 Å². The number of hydrogen-bond acceptors (Lipinski definition) is 4. The van der Waals surface area contributed by atoms with Crippen LogP contribution in [0.5, 0.6) is 11.5 Å². The van der Waals surface area contributed by atoms with Crippen LogP contribution < -0.4 is 14.8 Å². The number of hydrogen-bond donors (Lipinski definition) is 1. The van der Waals surface area contributed by atoms with E-state index in [9.17, 15) is 18.0 Å². The highest BCUT2D eigenvalue weighted by molar-refractivity contribution is 8.00. The number of ether oxygens (including phenoxy) is 2. The smallest absolute Gasteiger partial charge is 0.416 e. The average molecular weight is 397 g/mol. The second kappa shape index (κ2) is 8.12. The number of anilines is 1. The highest BCUT2D eigenvalue weighted by Gasteiger charge is 2.30. The lowest BCUT2D eigenvalue weighted by Gasteiger charge is -2.14. The summed E-state index contributed by atoms with van der Waals surface area (Å²) in [5.74, 6) is 1.03. The van der Waals surface area contributed by atoms with Crippen LogP contribution in [0.3, 0.4) is 0 Å². The third-order valence-electron chi connectivity index (χ3n) is 3.88. The molecule has 0 saturated heterocycles. The van der Waals surface area contributed by atoms with Crippen LogP contribution in [-0.4, -0.2) is 24.4 Å². The number of halogens is 3. The van der Waals surface area contributed by atoms with Crippen molar-refractivity contribution in [1.29, 1.82) is 0 Å². The van der Waals surface area contributed by atoms with Crippen molar-refractivity contribution in [3.63, 3.8) is 0 Å². The molecule has 3 rings (SSSR count). The van der Waals surface area contributed by atoms with Crippen molar-refractivity contribution in [1.82, 2.24) is 0 Å². The summed E-state index contributed by atoms with van der Waals surface area (Å²) in [6, 6.07) is 9.85. The Morgan fingerprint density at radius 1 is 1.07 bits per heavy atom. The van der Waals surface area contributed by atoms with Gasteiger partial charge in [0.15, 0.2) is 11.5 Å². The standard InChI is InChI=1S/C19H18F3NO3S/c1-12(18(24)23-14-5-3-13(4-6-14)19(20,21)22)27-15-7-8-16-17(11-15)26-10-2-9-25-16/h3-8,11-12H,2,9-10H2,1H3,(H,23,24)/t12-/m0/s1. The average Bonchev–Trinajstić information content (AvgIpc) is 2.86. The molecule has 8 heteroatoms. The van der Waals surface area contributed by atoms with E-state index in [-0.39, 0.29) is 5.91 Å². The van der Waals surface area contributed by atoms with Crippen LogP contribution in [0.15, 0.2) is 47.4 Å². The molecule has 0 aromatic heterocycles. The highest BCUT2D eigenvalue weighted by Crippen LogP contribution is 2.35. The molecule has 2 aromatic rings. The summed E-state index contributed by atoms with van der Waals surface area (Å²) in [5.41, 5.74) is -0.436. The molecule has 0 bridgehead atoms. The van der Waals surface area contributed by atoms with Crippen LogP contribution in [0.1, 0.15) is 18.9 Å². The minimum absolute atomic E-state index is 0.299. The number of benzene rings is 2. The molecule has 1 heterocycles. The summed E-state index contributed by atoms with van der Waals surface area (Å²) < 4.78 is 49.0. The van der Waals surface area contributed by atoms with E-state index in [0.29, 0.717) is 30.4 Å². The fourth-order valence-electron chi connectivity index (χ4n) is 2.46. The number of amides is 1. The zero-order valence-corrected chi connectivity index (χ0v) is 15.3. The van der Waals surface area contributed by atoms with Crippen molar-refractivity contribution < 1.29 is 27.4 Å². The lowest BCUT2D eigenvalue weighted by Crippen LogP contribution is -2.22. The number of thioether (sulfide) groups is 1. The summed E-state index contributed by atoms with van der Waals surface area (Å²) in [7, 11) is 0. The van der Waals surface area contributed by atoms with E-state index in [1.54, 1.807) is 6.92 Å². The number of carbonyl (C=O) groups excluding carboxylic acids is 1. The molecule has 4 nitrogen and oxygen atoms in total. The van der Waals surface area contributed by atoms with Gasteiger partial charge in [0.05, 0.1) is 24.0 Å². The molecule has 0 radical (unpaired) electrons. The van der Waals surface area contributed by atoms with E-state index in [1.807, 2.05) is 18.2 Å². The Labute approximate surface area is 159 Å². The fourth-order valence-corrected chi connectivity index (χ4v) is 3.36. The van der Waals surface area contributed by atoms with E-state index < -0.39 is 17.0 Å². The van der Waals surface area contributed by atoms with E-state index in [1.165, 1.54) is 23.9 Å². The van der Waals surface area contributed by atoms with Crippen LogP contribution >= 0.6 is 11.8 Å². The van der Waals surface area contributed by atoms with Crippen molar-refractivity contribution >= 4 is 23.4 Å². The highest BCUT2D eigenvalue weighted by atomic mass is 32.2. The summed E-state index contributed by atoms with van der Waals surface area (Å²) in [4.78, 5) is 13.2. The van der Waals surface area contributed by atoms with Gasteiger partial charge in [-0.2, -0.15) is 13.2 Å². The monoisotopic (exact) mass is 397 g/mol. The van der Waals surface area contributed by atoms with Crippen LogP contribution in [-0.2, 0) is 11.0 Å². The molecule has 0 unspecified atom stereocenters. The maximum absolute atomic E-state index is 12.6. The number of rotatable bonds is 4. The lowest BCUT2D eigenvalue weighted by molar-refractivity contribution is -0.137. The molecule has 0 spiro atoms. The number of nitrogens with one attached hydrogen (secondary N) is 1. The third-order valence-corrected chi connectivity index (χ3v) is 4.97. The Morgan fingerprint density at radius 3 is 2.41 bits per heavy atom. The van der Waals surface area contributed by atoms with Gasteiger partial charge in [-0.3, -0.25) is 4.79 Å². The topological polar surface area (TPSA) is 47.6 Å². The van der Waals surface area contributed by atoms with Crippen molar-refractivity contribution in [2.24, 2.45) is 0 Å². The van der Waals surface area contributed by atoms with Crippen molar-refractivity contribution in [3.05, 3.63) is 48.0 Å². The summed E-state index contributed by atoms with van der Waals surface area (Å²) in [6.45, 7) is 2.91. The van der Waals surface area contributed by atoms with Gasteiger partial charge in [-0.05, 0) is 49.4 Å². The lowest BCUT2D eigenvalue weighted by atomic mass is 10.2. The molecule has 0 fully saturated rings. The van der Waals surface area contributed by atoms with E-state index in [0.717, 1.165) is 23.4 Å². The molecular weight excluding hydrogens is 379 g/mol. The van der Waals surface area contributed by atoms with Gasteiger partial charge in [-0.15, -0.1) is 11.8 Å².